The summed E-state index contributed by atoms with van der Waals surface area (Å²) in [6.45, 7) is 2.41. The van der Waals surface area contributed by atoms with Gasteiger partial charge < -0.3 is 5.32 Å². The van der Waals surface area contributed by atoms with Crippen LogP contribution in [0.3, 0.4) is 0 Å². The molecule has 2 amide bonds. The van der Waals surface area contributed by atoms with Crippen LogP contribution in [0, 0.1) is 0 Å². The first kappa shape index (κ1) is 14.2. The highest BCUT2D eigenvalue weighted by Crippen LogP contribution is 2.13. The number of carbonyl (C=O) groups excluding carboxylic acids is 2. The van der Waals surface area contributed by atoms with Gasteiger partial charge in [-0.2, -0.15) is 0 Å². The van der Waals surface area contributed by atoms with E-state index in [0.717, 1.165) is 5.56 Å². The maximum absolute atomic E-state index is 11.7. The minimum Gasteiger partial charge on any atom is -0.347 e. The molecule has 0 bridgehead atoms. The first-order valence-corrected chi connectivity index (χ1v) is 7.08. The lowest BCUT2D eigenvalue weighted by molar-refractivity contribution is -0.136. The molecular weight excluding hydrogens is 274 g/mol. The van der Waals surface area contributed by atoms with Crippen molar-refractivity contribution in [2.45, 2.75) is 12.8 Å². The minimum atomic E-state index is -0.694. The fraction of sp³-hybridized carbons (Fsp3) is 0.214. The van der Waals surface area contributed by atoms with Gasteiger partial charge in [0.2, 0.25) is 0 Å². The molecular formula is C14H15N3O2S. The summed E-state index contributed by atoms with van der Waals surface area (Å²) in [5, 5.41) is 7.21. The highest BCUT2D eigenvalue weighted by molar-refractivity contribution is 7.13. The molecule has 1 aromatic heterocycles. The summed E-state index contributed by atoms with van der Waals surface area (Å²) in [4.78, 5) is 27.1. The van der Waals surface area contributed by atoms with Crippen LogP contribution in [0.1, 0.15) is 18.4 Å². The van der Waals surface area contributed by atoms with Crippen molar-refractivity contribution in [3.63, 3.8) is 0 Å². The second-order valence-corrected chi connectivity index (χ2v) is 5.21. The lowest BCUT2D eigenvalue weighted by atomic mass is 10.0. The molecule has 20 heavy (non-hydrogen) atoms. The number of anilines is 1. The van der Waals surface area contributed by atoms with Gasteiger partial charge in [0.15, 0.2) is 5.13 Å². The van der Waals surface area contributed by atoms with Gasteiger partial charge in [-0.1, -0.05) is 37.3 Å². The predicted octanol–water partition coefficient (Wildman–Crippen LogP) is 2.00. The average molecular weight is 289 g/mol. The Balaban J connectivity index is 1.81. The zero-order chi connectivity index (χ0) is 14.4. The Morgan fingerprint density at radius 1 is 1.25 bits per heavy atom. The lowest BCUT2D eigenvalue weighted by Gasteiger charge is -2.12. The quantitative estimate of drug-likeness (QED) is 0.846. The predicted molar refractivity (Wildman–Crippen MR) is 78.6 cm³/mol. The molecule has 6 heteroatoms. The molecule has 104 valence electrons. The maximum atomic E-state index is 11.7. The highest BCUT2D eigenvalue weighted by Gasteiger charge is 2.15. The molecule has 0 fully saturated rings. The Bertz CT molecular complexity index is 569. The van der Waals surface area contributed by atoms with Gasteiger partial charge in [-0.3, -0.25) is 14.9 Å². The summed E-state index contributed by atoms with van der Waals surface area (Å²) in [5.41, 5.74) is 1.12. The molecule has 1 heterocycles. The standard InChI is InChI=1S/C14H15N3O2S/c1-10(11-5-3-2-4-6-11)9-16-12(18)13(19)17-14-15-7-8-20-14/h2-8,10H,9H2,1H3,(H,16,18)(H,15,17,19)/t10-/m0/s1. The second-order valence-electron chi connectivity index (χ2n) is 4.31. The number of hydrogen-bond acceptors (Lipinski definition) is 4. The zero-order valence-electron chi connectivity index (χ0n) is 11.0. The van der Waals surface area contributed by atoms with Crippen LogP contribution < -0.4 is 10.6 Å². The summed E-state index contributed by atoms with van der Waals surface area (Å²) in [5.74, 6) is -1.20. The summed E-state index contributed by atoms with van der Waals surface area (Å²) in [7, 11) is 0. The number of nitrogens with one attached hydrogen (secondary N) is 2. The Morgan fingerprint density at radius 3 is 2.65 bits per heavy atom. The first-order chi connectivity index (χ1) is 9.66. The lowest BCUT2D eigenvalue weighted by Crippen LogP contribution is -2.37. The monoisotopic (exact) mass is 289 g/mol. The van der Waals surface area contributed by atoms with E-state index in [2.05, 4.69) is 15.6 Å². The zero-order valence-corrected chi connectivity index (χ0v) is 11.8. The second kappa shape index (κ2) is 6.81. The van der Waals surface area contributed by atoms with Gasteiger partial charge in [-0.15, -0.1) is 11.3 Å². The molecule has 0 saturated heterocycles. The van der Waals surface area contributed by atoms with Crippen LogP contribution in [0.2, 0.25) is 0 Å². The summed E-state index contributed by atoms with van der Waals surface area (Å²) < 4.78 is 0. The van der Waals surface area contributed by atoms with E-state index in [1.807, 2.05) is 37.3 Å². The average Bonchev–Trinajstić information content (AvgIpc) is 2.98. The molecule has 2 rings (SSSR count). The highest BCUT2D eigenvalue weighted by atomic mass is 32.1. The van der Waals surface area contributed by atoms with Gasteiger partial charge in [-0.05, 0) is 11.5 Å². The van der Waals surface area contributed by atoms with Gasteiger partial charge in [0.25, 0.3) is 0 Å². The van der Waals surface area contributed by atoms with Gasteiger partial charge >= 0.3 is 11.8 Å². The van der Waals surface area contributed by atoms with Crippen molar-refractivity contribution >= 4 is 28.3 Å². The molecule has 0 radical (unpaired) electrons. The van der Waals surface area contributed by atoms with Gasteiger partial charge in [0.1, 0.15) is 0 Å². The van der Waals surface area contributed by atoms with Crippen LogP contribution in [0.15, 0.2) is 41.9 Å². The Labute approximate surface area is 121 Å². The molecule has 1 aromatic carbocycles. The number of aromatic nitrogens is 1. The van der Waals surface area contributed by atoms with Gasteiger partial charge in [-0.25, -0.2) is 4.98 Å². The molecule has 0 aliphatic heterocycles. The van der Waals surface area contributed by atoms with E-state index in [4.69, 9.17) is 0 Å². The van der Waals surface area contributed by atoms with Crippen LogP contribution in [-0.4, -0.2) is 23.3 Å². The third-order valence-corrected chi connectivity index (χ3v) is 3.48. The largest absolute Gasteiger partial charge is 0.347 e. The molecule has 0 saturated carbocycles. The van der Waals surface area contributed by atoms with E-state index in [1.165, 1.54) is 11.3 Å². The third kappa shape index (κ3) is 3.89. The van der Waals surface area contributed by atoms with Crippen molar-refractivity contribution in [2.24, 2.45) is 0 Å². The van der Waals surface area contributed by atoms with E-state index in [-0.39, 0.29) is 5.92 Å². The topological polar surface area (TPSA) is 71.1 Å². The van der Waals surface area contributed by atoms with Crippen molar-refractivity contribution in [1.29, 1.82) is 0 Å². The molecule has 2 N–H and O–H groups in total. The third-order valence-electron chi connectivity index (χ3n) is 2.80. The molecule has 0 spiro atoms. The summed E-state index contributed by atoms with van der Waals surface area (Å²) in [6, 6.07) is 9.82. The van der Waals surface area contributed by atoms with E-state index in [1.54, 1.807) is 11.6 Å². The maximum Gasteiger partial charge on any atom is 0.315 e. The van der Waals surface area contributed by atoms with Crippen LogP contribution in [-0.2, 0) is 9.59 Å². The number of thiazole rings is 1. The fourth-order valence-electron chi connectivity index (χ4n) is 1.66. The molecule has 2 aromatic rings. The minimum absolute atomic E-state index is 0.146. The molecule has 0 unspecified atom stereocenters. The van der Waals surface area contributed by atoms with Gasteiger partial charge in [0.05, 0.1) is 0 Å². The van der Waals surface area contributed by atoms with Crippen molar-refractivity contribution in [3.8, 4) is 0 Å². The number of nitrogens with zero attached hydrogens (tertiary/aromatic N) is 1. The summed E-state index contributed by atoms with van der Waals surface area (Å²) in [6.07, 6.45) is 1.57. The van der Waals surface area contributed by atoms with E-state index < -0.39 is 11.8 Å². The van der Waals surface area contributed by atoms with Crippen LogP contribution in [0.4, 0.5) is 5.13 Å². The SMILES string of the molecule is C[C@@H](CNC(=O)C(=O)Nc1nccs1)c1ccccc1. The molecule has 1 atom stereocenters. The van der Waals surface area contributed by atoms with Gasteiger partial charge in [0, 0.05) is 18.1 Å². The molecule has 0 aliphatic rings. The van der Waals surface area contributed by atoms with Crippen LogP contribution in [0.25, 0.3) is 0 Å². The normalized spacial score (nSPS) is 11.7. The van der Waals surface area contributed by atoms with Crippen molar-refractivity contribution < 1.29 is 9.59 Å². The van der Waals surface area contributed by atoms with E-state index >= 15 is 0 Å². The van der Waals surface area contributed by atoms with Crippen molar-refractivity contribution in [1.82, 2.24) is 10.3 Å². The molecule has 5 nitrogen and oxygen atoms in total. The Morgan fingerprint density at radius 2 is 2.00 bits per heavy atom. The number of carbonyl (C=O) groups is 2. The smallest absolute Gasteiger partial charge is 0.315 e. The van der Waals surface area contributed by atoms with E-state index in [9.17, 15) is 9.59 Å². The van der Waals surface area contributed by atoms with E-state index in [0.29, 0.717) is 11.7 Å². The fourth-order valence-corrected chi connectivity index (χ4v) is 2.19. The Kier molecular flexibility index (Phi) is 4.84. The van der Waals surface area contributed by atoms with Crippen molar-refractivity contribution in [2.75, 3.05) is 11.9 Å². The Hall–Kier alpha value is -2.21. The van der Waals surface area contributed by atoms with Crippen molar-refractivity contribution in [3.05, 3.63) is 47.5 Å². The first-order valence-electron chi connectivity index (χ1n) is 6.20. The van der Waals surface area contributed by atoms with Crippen LogP contribution in [0.5, 0.6) is 0 Å². The number of amides is 2. The number of rotatable bonds is 4. The number of benzene rings is 1. The summed E-state index contributed by atoms with van der Waals surface area (Å²) >= 11 is 1.27. The molecule has 0 aliphatic carbocycles. The van der Waals surface area contributed by atoms with Crippen LogP contribution >= 0.6 is 11.3 Å². The number of hydrogen-bond donors (Lipinski definition) is 2.